The van der Waals surface area contributed by atoms with E-state index in [1.165, 1.54) is 19.3 Å². The second kappa shape index (κ2) is 7.30. The van der Waals surface area contributed by atoms with E-state index in [9.17, 15) is 4.79 Å². The zero-order valence-corrected chi connectivity index (χ0v) is 14.8. The molecule has 1 aliphatic heterocycles. The Hall–Kier alpha value is -1.62. The van der Waals surface area contributed by atoms with Gasteiger partial charge in [0, 0.05) is 35.4 Å². The highest BCUT2D eigenvalue weighted by molar-refractivity contribution is 8.00. The molecule has 1 aliphatic rings. The SMILES string of the molecule is CCCCCSNc1ccc2[nH]c(C(=O)N3CCC3)c(C)c2c1. The fraction of sp³-hybridized carbons (Fsp3) is 0.500. The smallest absolute Gasteiger partial charge is 0.270 e. The number of nitrogens with zero attached hydrogens (tertiary/aromatic N) is 1. The molecule has 124 valence electrons. The van der Waals surface area contributed by atoms with Gasteiger partial charge in [-0.25, -0.2) is 0 Å². The average molecular weight is 331 g/mol. The van der Waals surface area contributed by atoms with Crippen LogP contribution in [0.3, 0.4) is 0 Å². The summed E-state index contributed by atoms with van der Waals surface area (Å²) < 4.78 is 3.41. The molecule has 0 spiro atoms. The molecule has 0 atom stereocenters. The van der Waals surface area contributed by atoms with E-state index in [4.69, 9.17) is 0 Å². The third-order valence-electron chi connectivity index (χ3n) is 4.46. The summed E-state index contributed by atoms with van der Waals surface area (Å²) in [6.45, 7) is 6.02. The monoisotopic (exact) mass is 331 g/mol. The van der Waals surface area contributed by atoms with Crippen LogP contribution in [0.1, 0.15) is 48.7 Å². The van der Waals surface area contributed by atoms with Crippen molar-refractivity contribution in [1.82, 2.24) is 9.88 Å². The largest absolute Gasteiger partial charge is 0.350 e. The van der Waals surface area contributed by atoms with Crippen molar-refractivity contribution >= 4 is 34.4 Å². The summed E-state index contributed by atoms with van der Waals surface area (Å²) in [7, 11) is 0. The number of amides is 1. The molecule has 1 aromatic heterocycles. The van der Waals surface area contributed by atoms with Gasteiger partial charge in [-0.3, -0.25) is 4.79 Å². The maximum atomic E-state index is 12.4. The number of fused-ring (bicyclic) bond motifs is 1. The number of carbonyl (C=O) groups excluding carboxylic acids is 1. The van der Waals surface area contributed by atoms with Crippen LogP contribution >= 0.6 is 11.9 Å². The van der Waals surface area contributed by atoms with Gasteiger partial charge in [-0.15, -0.1) is 0 Å². The molecule has 1 fully saturated rings. The minimum Gasteiger partial charge on any atom is -0.350 e. The number of anilines is 1. The summed E-state index contributed by atoms with van der Waals surface area (Å²) in [5.41, 5.74) is 3.93. The van der Waals surface area contributed by atoms with Crippen molar-refractivity contribution in [2.24, 2.45) is 0 Å². The molecule has 0 radical (unpaired) electrons. The van der Waals surface area contributed by atoms with Gasteiger partial charge in [-0.05, 0) is 43.5 Å². The second-order valence-corrected chi connectivity index (χ2v) is 7.09. The summed E-state index contributed by atoms with van der Waals surface area (Å²) >= 11 is 1.76. The highest BCUT2D eigenvalue weighted by Crippen LogP contribution is 2.27. The van der Waals surface area contributed by atoms with Gasteiger partial charge < -0.3 is 14.6 Å². The number of aryl methyl sites for hydroxylation is 1. The number of benzene rings is 1. The zero-order valence-electron chi connectivity index (χ0n) is 13.9. The molecule has 2 aromatic rings. The first-order chi connectivity index (χ1) is 11.2. The second-order valence-electron chi connectivity index (χ2n) is 6.19. The molecule has 1 aromatic carbocycles. The minimum atomic E-state index is 0.133. The van der Waals surface area contributed by atoms with Gasteiger partial charge in [0.1, 0.15) is 5.69 Å². The number of aromatic amines is 1. The number of aromatic nitrogens is 1. The lowest BCUT2D eigenvalue weighted by Crippen LogP contribution is -2.42. The van der Waals surface area contributed by atoms with Crippen molar-refractivity contribution in [3.63, 3.8) is 0 Å². The third-order valence-corrected chi connectivity index (χ3v) is 5.33. The van der Waals surface area contributed by atoms with E-state index in [1.807, 2.05) is 11.8 Å². The van der Waals surface area contributed by atoms with Crippen LogP contribution in [0.15, 0.2) is 18.2 Å². The average Bonchev–Trinajstić information content (AvgIpc) is 2.82. The first kappa shape index (κ1) is 16.2. The Morgan fingerprint density at radius 2 is 2.17 bits per heavy atom. The van der Waals surface area contributed by atoms with Gasteiger partial charge in [0.05, 0.1) is 0 Å². The standard InChI is InChI=1S/C18H25N3OS/c1-3-4-5-11-23-20-14-7-8-16-15(12-14)13(2)17(19-16)18(22)21-9-6-10-21/h7-8,12,19-20H,3-6,9-11H2,1-2H3. The molecular weight excluding hydrogens is 306 g/mol. The van der Waals surface area contributed by atoms with Gasteiger partial charge in [0.25, 0.3) is 5.91 Å². The van der Waals surface area contributed by atoms with Crippen molar-refractivity contribution in [1.29, 1.82) is 0 Å². The van der Waals surface area contributed by atoms with Crippen molar-refractivity contribution in [3.05, 3.63) is 29.5 Å². The summed E-state index contributed by atoms with van der Waals surface area (Å²) in [5, 5.41) is 1.13. The normalized spacial score (nSPS) is 14.1. The summed E-state index contributed by atoms with van der Waals surface area (Å²) in [5.74, 6) is 1.25. The number of H-pyrrole nitrogens is 1. The molecule has 3 rings (SSSR count). The molecule has 1 saturated heterocycles. The fourth-order valence-electron chi connectivity index (χ4n) is 2.84. The Morgan fingerprint density at radius 1 is 1.35 bits per heavy atom. The molecule has 5 heteroatoms. The van der Waals surface area contributed by atoms with Crippen LogP contribution in [0.4, 0.5) is 5.69 Å². The van der Waals surface area contributed by atoms with E-state index in [-0.39, 0.29) is 5.91 Å². The van der Waals surface area contributed by atoms with Crippen molar-refractivity contribution in [2.75, 3.05) is 23.6 Å². The molecular formula is C18H25N3OS. The topological polar surface area (TPSA) is 48.1 Å². The van der Waals surface area contributed by atoms with E-state index in [0.717, 1.165) is 53.1 Å². The molecule has 0 aliphatic carbocycles. The molecule has 23 heavy (non-hydrogen) atoms. The van der Waals surface area contributed by atoms with Crippen LogP contribution in [0.25, 0.3) is 10.9 Å². The Kier molecular flexibility index (Phi) is 5.16. The Morgan fingerprint density at radius 3 is 2.87 bits per heavy atom. The first-order valence-corrected chi connectivity index (χ1v) is 9.48. The summed E-state index contributed by atoms with van der Waals surface area (Å²) in [6, 6.07) is 6.27. The number of likely N-dealkylation sites (tertiary alicyclic amines) is 1. The zero-order chi connectivity index (χ0) is 16.2. The van der Waals surface area contributed by atoms with Crippen LogP contribution in [0.2, 0.25) is 0 Å². The van der Waals surface area contributed by atoms with Crippen molar-refractivity contribution < 1.29 is 4.79 Å². The molecule has 2 heterocycles. The summed E-state index contributed by atoms with van der Waals surface area (Å²) in [4.78, 5) is 17.7. The van der Waals surface area contributed by atoms with Gasteiger partial charge in [0.2, 0.25) is 0 Å². The number of hydrogen-bond acceptors (Lipinski definition) is 3. The van der Waals surface area contributed by atoms with Crippen LogP contribution in [-0.2, 0) is 0 Å². The predicted octanol–water partition coefficient (Wildman–Crippen LogP) is 4.57. The number of carbonyl (C=O) groups is 1. The van der Waals surface area contributed by atoms with Crippen molar-refractivity contribution in [2.45, 2.75) is 39.5 Å². The van der Waals surface area contributed by atoms with Gasteiger partial charge >= 0.3 is 0 Å². The quantitative estimate of drug-likeness (QED) is 0.577. The van der Waals surface area contributed by atoms with E-state index >= 15 is 0 Å². The molecule has 0 bridgehead atoms. The predicted molar refractivity (Wildman–Crippen MR) is 99.2 cm³/mol. The maximum absolute atomic E-state index is 12.4. The number of unbranched alkanes of at least 4 members (excludes halogenated alkanes) is 2. The van der Waals surface area contributed by atoms with E-state index in [2.05, 4.69) is 34.8 Å². The minimum absolute atomic E-state index is 0.133. The first-order valence-electron chi connectivity index (χ1n) is 8.50. The van der Waals surface area contributed by atoms with Crippen LogP contribution < -0.4 is 4.72 Å². The van der Waals surface area contributed by atoms with Crippen LogP contribution in [-0.4, -0.2) is 34.6 Å². The maximum Gasteiger partial charge on any atom is 0.270 e. The Bertz CT molecular complexity index is 691. The number of rotatable bonds is 7. The number of hydrogen-bond donors (Lipinski definition) is 2. The lowest BCUT2D eigenvalue weighted by Gasteiger charge is -2.30. The van der Waals surface area contributed by atoms with Gasteiger partial charge in [0.15, 0.2) is 0 Å². The lowest BCUT2D eigenvalue weighted by molar-refractivity contribution is 0.0646. The van der Waals surface area contributed by atoms with E-state index < -0.39 is 0 Å². The molecule has 0 unspecified atom stereocenters. The van der Waals surface area contributed by atoms with E-state index in [0.29, 0.717) is 0 Å². The van der Waals surface area contributed by atoms with E-state index in [1.54, 1.807) is 11.9 Å². The van der Waals surface area contributed by atoms with Crippen molar-refractivity contribution in [3.8, 4) is 0 Å². The summed E-state index contributed by atoms with van der Waals surface area (Å²) in [6.07, 6.45) is 4.90. The van der Waals surface area contributed by atoms with Crippen LogP contribution in [0.5, 0.6) is 0 Å². The molecule has 4 nitrogen and oxygen atoms in total. The highest BCUT2D eigenvalue weighted by atomic mass is 32.2. The van der Waals surface area contributed by atoms with Gasteiger partial charge in [-0.1, -0.05) is 31.7 Å². The lowest BCUT2D eigenvalue weighted by atomic mass is 10.1. The Labute approximate surface area is 142 Å². The van der Waals surface area contributed by atoms with Gasteiger partial charge in [-0.2, -0.15) is 0 Å². The van der Waals surface area contributed by atoms with Crippen LogP contribution in [0, 0.1) is 6.92 Å². The molecule has 1 amide bonds. The highest BCUT2D eigenvalue weighted by Gasteiger charge is 2.25. The molecule has 0 saturated carbocycles. The third kappa shape index (κ3) is 3.50. The number of nitrogens with one attached hydrogen (secondary N) is 2. The Balaban J connectivity index is 1.71. The fourth-order valence-corrected chi connectivity index (χ4v) is 3.58. The molecule has 2 N–H and O–H groups in total.